The molecular weight excluding hydrogens is 348 g/mol. The van der Waals surface area contributed by atoms with E-state index in [0.717, 1.165) is 5.75 Å². The third-order valence-corrected chi connectivity index (χ3v) is 4.04. The fourth-order valence-electron chi connectivity index (χ4n) is 1.82. The Morgan fingerprint density at radius 2 is 1.68 bits per heavy atom. The van der Waals surface area contributed by atoms with Crippen molar-refractivity contribution in [3.63, 3.8) is 0 Å². The Bertz CT molecular complexity index is 487. The summed E-state index contributed by atoms with van der Waals surface area (Å²) in [7, 11) is 0. The van der Waals surface area contributed by atoms with E-state index in [-0.39, 0.29) is 12.5 Å². The highest BCUT2D eigenvalue weighted by molar-refractivity contribution is 7.98. The molecule has 0 spiro atoms. The molecule has 0 aliphatic heterocycles. The lowest BCUT2D eigenvalue weighted by Crippen LogP contribution is -2.53. The zero-order valence-corrected chi connectivity index (χ0v) is 15.8. The van der Waals surface area contributed by atoms with E-state index < -0.39 is 41.8 Å². The van der Waals surface area contributed by atoms with Gasteiger partial charge in [-0.3, -0.25) is 14.4 Å². The lowest BCUT2D eigenvalue weighted by molar-refractivity contribution is -0.143. The molecule has 10 heteroatoms. The van der Waals surface area contributed by atoms with Crippen LogP contribution in [0.25, 0.3) is 0 Å². The quantitative estimate of drug-likeness (QED) is 0.307. The minimum atomic E-state index is -1.15. The number of hydrogen-bond acceptors (Lipinski definition) is 6. The summed E-state index contributed by atoms with van der Waals surface area (Å²) in [5.41, 5.74) is 5.67. The molecule has 0 aliphatic rings. The van der Waals surface area contributed by atoms with Crippen LogP contribution in [0.3, 0.4) is 0 Å². The summed E-state index contributed by atoms with van der Waals surface area (Å²) < 4.78 is 0. The van der Waals surface area contributed by atoms with Gasteiger partial charge in [0.25, 0.3) is 0 Å². The number of carbonyl (C=O) groups is 4. The Hall–Kier alpha value is -1.81. The average Bonchev–Trinajstić information content (AvgIpc) is 2.54. The minimum absolute atomic E-state index is 0.300. The van der Waals surface area contributed by atoms with E-state index in [2.05, 4.69) is 16.0 Å². The normalized spacial score (nSPS) is 14.3. The Morgan fingerprint density at radius 1 is 1.08 bits per heavy atom. The predicted octanol–water partition coefficient (Wildman–Crippen LogP) is -1.09. The van der Waals surface area contributed by atoms with Crippen molar-refractivity contribution in [1.29, 1.82) is 0 Å². The van der Waals surface area contributed by atoms with E-state index in [0.29, 0.717) is 6.42 Å². The lowest BCUT2D eigenvalue weighted by Gasteiger charge is -2.21. The van der Waals surface area contributed by atoms with Crippen molar-refractivity contribution in [1.82, 2.24) is 16.0 Å². The SMILES string of the molecule is CSCCC(N)C(=O)NCC(=O)NC(C)C(=O)NC(C(=O)O)C(C)C. The maximum atomic E-state index is 12.0. The molecular formula is C15H28N4O5S. The number of carboxylic acids is 1. The third kappa shape index (κ3) is 9.30. The summed E-state index contributed by atoms with van der Waals surface area (Å²) >= 11 is 1.57. The second-order valence-corrected chi connectivity index (χ2v) is 6.95. The van der Waals surface area contributed by atoms with Crippen LogP contribution < -0.4 is 21.7 Å². The van der Waals surface area contributed by atoms with Crippen molar-refractivity contribution in [3.05, 3.63) is 0 Å². The molecule has 0 aromatic carbocycles. The van der Waals surface area contributed by atoms with Gasteiger partial charge in [-0.2, -0.15) is 11.8 Å². The number of nitrogens with two attached hydrogens (primary N) is 1. The number of nitrogens with one attached hydrogen (secondary N) is 3. The summed E-state index contributed by atoms with van der Waals surface area (Å²) in [5, 5.41) is 16.2. The van der Waals surface area contributed by atoms with Crippen LogP contribution in [0.5, 0.6) is 0 Å². The number of rotatable bonds is 11. The largest absolute Gasteiger partial charge is 0.480 e. The Balaban J connectivity index is 4.34. The first kappa shape index (κ1) is 23.2. The molecule has 0 saturated carbocycles. The lowest BCUT2D eigenvalue weighted by atomic mass is 10.0. The predicted molar refractivity (Wildman–Crippen MR) is 96.0 cm³/mol. The number of carboxylic acid groups (broad SMARTS) is 1. The fraction of sp³-hybridized carbons (Fsp3) is 0.733. The monoisotopic (exact) mass is 376 g/mol. The van der Waals surface area contributed by atoms with E-state index in [1.165, 1.54) is 6.92 Å². The molecule has 3 atom stereocenters. The molecule has 0 rings (SSSR count). The first-order chi connectivity index (χ1) is 11.6. The molecule has 0 saturated heterocycles. The van der Waals surface area contributed by atoms with Crippen molar-refractivity contribution in [3.8, 4) is 0 Å². The van der Waals surface area contributed by atoms with Crippen molar-refractivity contribution in [2.24, 2.45) is 11.7 Å². The standard InChI is InChI=1S/C15H28N4O5S/c1-8(2)12(15(23)24)19-13(21)9(3)18-11(20)7-17-14(22)10(16)5-6-25-4/h8-10,12H,5-7,16H2,1-4H3,(H,17,22)(H,18,20)(H,19,21)(H,23,24). The van der Waals surface area contributed by atoms with Crippen LogP contribution in [0.4, 0.5) is 0 Å². The van der Waals surface area contributed by atoms with E-state index >= 15 is 0 Å². The van der Waals surface area contributed by atoms with Gasteiger partial charge in [-0.1, -0.05) is 13.8 Å². The van der Waals surface area contributed by atoms with Crippen molar-refractivity contribution >= 4 is 35.5 Å². The molecule has 0 heterocycles. The molecule has 25 heavy (non-hydrogen) atoms. The molecule has 0 aromatic heterocycles. The minimum Gasteiger partial charge on any atom is -0.480 e. The van der Waals surface area contributed by atoms with Gasteiger partial charge in [-0.25, -0.2) is 4.79 Å². The maximum absolute atomic E-state index is 12.0. The molecule has 3 amide bonds. The molecule has 6 N–H and O–H groups in total. The molecule has 0 radical (unpaired) electrons. The molecule has 0 aliphatic carbocycles. The van der Waals surface area contributed by atoms with E-state index in [1.54, 1.807) is 25.6 Å². The van der Waals surface area contributed by atoms with Crippen molar-refractivity contribution in [2.75, 3.05) is 18.6 Å². The van der Waals surface area contributed by atoms with Gasteiger partial charge in [0.05, 0.1) is 12.6 Å². The Labute approximate surface area is 151 Å². The van der Waals surface area contributed by atoms with Gasteiger partial charge in [-0.05, 0) is 31.3 Å². The van der Waals surface area contributed by atoms with Crippen LogP contribution in [0.15, 0.2) is 0 Å². The summed E-state index contributed by atoms with van der Waals surface area (Å²) in [4.78, 5) is 46.5. The van der Waals surface area contributed by atoms with Gasteiger partial charge in [0.1, 0.15) is 12.1 Å². The molecule has 0 bridgehead atoms. The van der Waals surface area contributed by atoms with Gasteiger partial charge in [0.15, 0.2) is 0 Å². The van der Waals surface area contributed by atoms with Gasteiger partial charge in [0.2, 0.25) is 17.7 Å². The third-order valence-electron chi connectivity index (χ3n) is 3.39. The van der Waals surface area contributed by atoms with Crippen molar-refractivity contribution < 1.29 is 24.3 Å². The summed E-state index contributed by atoms with van der Waals surface area (Å²) in [6, 6.07) is -2.67. The maximum Gasteiger partial charge on any atom is 0.326 e. The van der Waals surface area contributed by atoms with Gasteiger partial charge in [0, 0.05) is 0 Å². The van der Waals surface area contributed by atoms with E-state index in [1.807, 2.05) is 6.26 Å². The average molecular weight is 376 g/mol. The van der Waals surface area contributed by atoms with Crippen LogP contribution in [0.1, 0.15) is 27.2 Å². The highest BCUT2D eigenvalue weighted by Crippen LogP contribution is 2.02. The number of hydrogen-bond donors (Lipinski definition) is 5. The molecule has 3 unspecified atom stereocenters. The first-order valence-corrected chi connectivity index (χ1v) is 9.34. The second kappa shape index (κ2) is 11.7. The van der Waals surface area contributed by atoms with E-state index in [4.69, 9.17) is 10.8 Å². The molecule has 9 nitrogen and oxygen atoms in total. The number of amides is 3. The first-order valence-electron chi connectivity index (χ1n) is 7.94. The number of carbonyl (C=O) groups excluding carboxylic acids is 3. The summed E-state index contributed by atoms with van der Waals surface area (Å²) in [6.45, 7) is 4.45. The molecule has 144 valence electrons. The smallest absolute Gasteiger partial charge is 0.326 e. The summed E-state index contributed by atoms with van der Waals surface area (Å²) in [5.74, 6) is -2.33. The highest BCUT2D eigenvalue weighted by Gasteiger charge is 2.26. The van der Waals surface area contributed by atoms with Crippen LogP contribution >= 0.6 is 11.8 Å². The molecule has 0 aromatic rings. The van der Waals surface area contributed by atoms with E-state index in [9.17, 15) is 19.2 Å². The van der Waals surface area contributed by atoms with Crippen LogP contribution in [-0.4, -0.2) is 65.5 Å². The van der Waals surface area contributed by atoms with Crippen molar-refractivity contribution in [2.45, 2.75) is 45.3 Å². The molecule has 0 fully saturated rings. The Kier molecular flexibility index (Phi) is 10.8. The summed E-state index contributed by atoms with van der Waals surface area (Å²) in [6.07, 6.45) is 2.40. The zero-order chi connectivity index (χ0) is 19.6. The Morgan fingerprint density at radius 3 is 2.16 bits per heavy atom. The zero-order valence-electron chi connectivity index (χ0n) is 15.0. The van der Waals surface area contributed by atoms with Crippen LogP contribution in [-0.2, 0) is 19.2 Å². The second-order valence-electron chi connectivity index (χ2n) is 5.96. The van der Waals surface area contributed by atoms with Gasteiger partial charge >= 0.3 is 5.97 Å². The highest BCUT2D eigenvalue weighted by atomic mass is 32.2. The number of aliphatic carboxylic acids is 1. The van der Waals surface area contributed by atoms with Crippen LogP contribution in [0, 0.1) is 5.92 Å². The van der Waals surface area contributed by atoms with Gasteiger partial charge in [-0.15, -0.1) is 0 Å². The topological polar surface area (TPSA) is 151 Å². The van der Waals surface area contributed by atoms with Gasteiger partial charge < -0.3 is 26.8 Å². The fourth-order valence-corrected chi connectivity index (χ4v) is 2.31. The number of thioether (sulfide) groups is 1. The van der Waals surface area contributed by atoms with Crippen LogP contribution in [0.2, 0.25) is 0 Å².